The molecule has 1 fully saturated rings. The van der Waals surface area contributed by atoms with Crippen molar-refractivity contribution in [1.82, 2.24) is 9.88 Å². The average molecular weight is 434 g/mol. The van der Waals surface area contributed by atoms with Crippen molar-refractivity contribution in [2.45, 2.75) is 6.42 Å². The Hall–Kier alpha value is -1.94. The molecule has 1 aliphatic heterocycles. The van der Waals surface area contributed by atoms with E-state index in [9.17, 15) is 14.9 Å². The molecule has 1 aromatic heterocycles. The number of rotatable bonds is 5. The average Bonchev–Trinajstić information content (AvgIpc) is 3.10. The van der Waals surface area contributed by atoms with Crippen LogP contribution in [0.5, 0.6) is 0 Å². The number of nitro groups is 1. The third-order valence-electron chi connectivity index (χ3n) is 4.10. The first-order valence-electron chi connectivity index (χ1n) is 8.01. The molecule has 2 aromatic rings. The van der Waals surface area contributed by atoms with E-state index in [0.29, 0.717) is 44.8 Å². The van der Waals surface area contributed by atoms with Crippen LogP contribution in [0.15, 0.2) is 29.6 Å². The normalized spacial score (nSPS) is 13.5. The van der Waals surface area contributed by atoms with E-state index in [1.165, 1.54) is 17.4 Å². The van der Waals surface area contributed by atoms with E-state index >= 15 is 0 Å². The smallest absolute Gasteiger partial charge is 0.273 e. The summed E-state index contributed by atoms with van der Waals surface area (Å²) in [7, 11) is 0. The van der Waals surface area contributed by atoms with E-state index < -0.39 is 4.92 Å². The highest BCUT2D eigenvalue weighted by Crippen LogP contribution is 2.22. The zero-order valence-corrected chi connectivity index (χ0v) is 16.9. The third kappa shape index (κ3) is 5.52. The molecule has 1 aromatic carbocycles. The van der Waals surface area contributed by atoms with Gasteiger partial charge in [-0.15, -0.1) is 36.2 Å². The maximum absolute atomic E-state index is 12.5. The standard InChI is InChI=1S/C16H19N5O3S.2ClH/c17-5-4-15-18-14(11-25-15)16(22)20-8-6-19(7-9-20)12-2-1-3-13(10-12)21(23)24;;/h1-3,10-11H,4-9,17H2;2*1H. The quantitative estimate of drug-likeness (QED) is 0.572. The van der Waals surface area contributed by atoms with Gasteiger partial charge in [0.25, 0.3) is 11.6 Å². The summed E-state index contributed by atoms with van der Waals surface area (Å²) in [5, 5.41) is 13.6. The second kappa shape index (κ2) is 10.4. The van der Waals surface area contributed by atoms with Crippen molar-refractivity contribution >= 4 is 53.4 Å². The van der Waals surface area contributed by atoms with Gasteiger partial charge in [-0.3, -0.25) is 14.9 Å². The van der Waals surface area contributed by atoms with Gasteiger partial charge in [0.2, 0.25) is 0 Å². The molecule has 2 heterocycles. The Bertz CT molecular complexity index is 781. The fourth-order valence-corrected chi connectivity index (χ4v) is 3.57. The molecule has 1 saturated heterocycles. The first-order chi connectivity index (χ1) is 12.1. The number of halogens is 2. The molecule has 0 atom stereocenters. The molecular weight excluding hydrogens is 413 g/mol. The molecule has 0 bridgehead atoms. The van der Waals surface area contributed by atoms with Crippen LogP contribution in [0.1, 0.15) is 15.5 Å². The SMILES string of the molecule is Cl.Cl.NCCc1nc(C(=O)N2CCN(c3cccc([N+](=O)[O-])c3)CC2)cs1. The molecule has 3 rings (SSSR count). The zero-order valence-electron chi connectivity index (χ0n) is 14.4. The van der Waals surface area contributed by atoms with Crippen LogP contribution in [-0.4, -0.2) is 53.4 Å². The van der Waals surface area contributed by atoms with Crippen LogP contribution in [0.4, 0.5) is 11.4 Å². The minimum Gasteiger partial charge on any atom is -0.368 e. The van der Waals surface area contributed by atoms with Crippen molar-refractivity contribution < 1.29 is 9.72 Å². The summed E-state index contributed by atoms with van der Waals surface area (Å²) in [5.74, 6) is -0.0711. The molecule has 0 radical (unpaired) electrons. The number of carbonyl (C=O) groups excluding carboxylic acids is 1. The number of hydrogen-bond donors (Lipinski definition) is 1. The zero-order chi connectivity index (χ0) is 17.8. The molecule has 0 saturated carbocycles. The minimum atomic E-state index is -0.398. The number of thiazole rings is 1. The van der Waals surface area contributed by atoms with Crippen LogP contribution >= 0.6 is 36.2 Å². The Balaban J connectivity index is 0.00000182. The number of amides is 1. The number of anilines is 1. The largest absolute Gasteiger partial charge is 0.368 e. The minimum absolute atomic E-state index is 0. The maximum atomic E-state index is 12.5. The number of aromatic nitrogens is 1. The summed E-state index contributed by atoms with van der Waals surface area (Å²) >= 11 is 1.46. The van der Waals surface area contributed by atoms with Gasteiger partial charge in [0.05, 0.1) is 9.93 Å². The number of benzene rings is 1. The molecule has 2 N–H and O–H groups in total. The monoisotopic (exact) mass is 433 g/mol. The van der Waals surface area contributed by atoms with Crippen LogP contribution < -0.4 is 10.6 Å². The summed E-state index contributed by atoms with van der Waals surface area (Å²) in [6.45, 7) is 2.90. The highest BCUT2D eigenvalue weighted by molar-refractivity contribution is 7.09. The summed E-state index contributed by atoms with van der Waals surface area (Å²) in [6, 6.07) is 6.57. The van der Waals surface area contributed by atoms with Crippen molar-refractivity contribution in [3.63, 3.8) is 0 Å². The predicted octanol–water partition coefficient (Wildman–Crippen LogP) is 2.36. The fourth-order valence-electron chi connectivity index (χ4n) is 2.78. The van der Waals surface area contributed by atoms with Crippen LogP contribution in [0.25, 0.3) is 0 Å². The molecule has 0 spiro atoms. The van der Waals surface area contributed by atoms with Crippen molar-refractivity contribution in [2.75, 3.05) is 37.6 Å². The van der Waals surface area contributed by atoms with Crippen molar-refractivity contribution in [3.05, 3.63) is 50.5 Å². The number of piperazine rings is 1. The lowest BCUT2D eigenvalue weighted by Gasteiger charge is -2.35. The van der Waals surface area contributed by atoms with Gasteiger partial charge in [-0.1, -0.05) is 6.07 Å². The summed E-state index contributed by atoms with van der Waals surface area (Å²) < 4.78 is 0. The van der Waals surface area contributed by atoms with Gasteiger partial charge in [0.1, 0.15) is 5.69 Å². The highest BCUT2D eigenvalue weighted by atomic mass is 35.5. The van der Waals surface area contributed by atoms with E-state index in [2.05, 4.69) is 9.88 Å². The van der Waals surface area contributed by atoms with Crippen LogP contribution in [-0.2, 0) is 6.42 Å². The Morgan fingerprint density at radius 2 is 1.96 bits per heavy atom. The third-order valence-corrected chi connectivity index (χ3v) is 5.01. The van der Waals surface area contributed by atoms with Crippen molar-refractivity contribution in [2.24, 2.45) is 5.73 Å². The van der Waals surface area contributed by atoms with Crippen molar-refractivity contribution in [1.29, 1.82) is 0 Å². The first kappa shape index (κ1) is 23.1. The second-order valence-corrected chi connectivity index (χ2v) is 6.66. The van der Waals surface area contributed by atoms with Gasteiger partial charge in [0.15, 0.2) is 0 Å². The Morgan fingerprint density at radius 3 is 2.59 bits per heavy atom. The van der Waals surface area contributed by atoms with Gasteiger partial charge in [-0.25, -0.2) is 4.98 Å². The summed E-state index contributed by atoms with van der Waals surface area (Å²) in [4.78, 5) is 31.2. The number of nitrogens with zero attached hydrogens (tertiary/aromatic N) is 4. The molecule has 1 aliphatic rings. The molecule has 11 heteroatoms. The molecule has 0 aliphatic carbocycles. The van der Waals surface area contributed by atoms with Gasteiger partial charge in [-0.2, -0.15) is 0 Å². The van der Waals surface area contributed by atoms with Gasteiger partial charge >= 0.3 is 0 Å². The fraction of sp³-hybridized carbons (Fsp3) is 0.375. The van der Waals surface area contributed by atoms with E-state index in [0.717, 1.165) is 10.7 Å². The molecular formula is C16H21Cl2N5O3S. The Kier molecular flexibility index (Phi) is 8.91. The molecule has 148 valence electrons. The number of nitrogens with two attached hydrogens (primary N) is 1. The predicted molar refractivity (Wildman–Crippen MR) is 111 cm³/mol. The number of nitro benzene ring substituents is 1. The Labute approximate surface area is 173 Å². The molecule has 8 nitrogen and oxygen atoms in total. The van der Waals surface area contributed by atoms with E-state index in [-0.39, 0.29) is 36.4 Å². The van der Waals surface area contributed by atoms with Gasteiger partial charge in [0, 0.05) is 55.8 Å². The summed E-state index contributed by atoms with van der Waals surface area (Å²) in [5.41, 5.74) is 6.86. The Morgan fingerprint density at radius 1 is 1.26 bits per heavy atom. The lowest BCUT2D eigenvalue weighted by molar-refractivity contribution is -0.384. The lowest BCUT2D eigenvalue weighted by Crippen LogP contribution is -2.48. The van der Waals surface area contributed by atoms with Crippen molar-refractivity contribution in [3.8, 4) is 0 Å². The maximum Gasteiger partial charge on any atom is 0.273 e. The number of hydrogen-bond acceptors (Lipinski definition) is 7. The van der Waals surface area contributed by atoms with Crippen LogP contribution in [0.2, 0.25) is 0 Å². The van der Waals surface area contributed by atoms with Gasteiger partial charge in [-0.05, 0) is 12.6 Å². The van der Waals surface area contributed by atoms with Gasteiger partial charge < -0.3 is 15.5 Å². The second-order valence-electron chi connectivity index (χ2n) is 5.72. The van der Waals surface area contributed by atoms with Crippen LogP contribution in [0, 0.1) is 10.1 Å². The number of carbonyl (C=O) groups is 1. The molecule has 1 amide bonds. The van der Waals surface area contributed by atoms with E-state index in [1.807, 2.05) is 6.07 Å². The van der Waals surface area contributed by atoms with E-state index in [4.69, 9.17) is 5.73 Å². The van der Waals surface area contributed by atoms with Crippen LogP contribution in [0.3, 0.4) is 0 Å². The summed E-state index contributed by atoms with van der Waals surface area (Å²) in [6.07, 6.45) is 0.679. The highest BCUT2D eigenvalue weighted by Gasteiger charge is 2.24. The van der Waals surface area contributed by atoms with E-state index in [1.54, 1.807) is 22.4 Å². The lowest BCUT2D eigenvalue weighted by atomic mass is 10.2. The molecule has 0 unspecified atom stereocenters. The first-order valence-corrected chi connectivity index (χ1v) is 8.89. The topological polar surface area (TPSA) is 106 Å². The number of non-ortho nitro benzene ring substituents is 1. The molecule has 27 heavy (non-hydrogen) atoms.